The molecule has 94 valence electrons. The van der Waals surface area contributed by atoms with Crippen LogP contribution in [0.2, 0.25) is 0 Å². The number of rotatable bonds is 4. The molecule has 2 aromatic heterocycles. The molecule has 0 aliphatic heterocycles. The number of hydrogen-bond acceptors (Lipinski definition) is 4. The quantitative estimate of drug-likeness (QED) is 0.752. The molecule has 2 aromatic rings. The van der Waals surface area contributed by atoms with E-state index in [0.29, 0.717) is 17.2 Å². The fourth-order valence-electron chi connectivity index (χ4n) is 1.50. The smallest absolute Gasteiger partial charge is 0.231 e. The van der Waals surface area contributed by atoms with Crippen molar-refractivity contribution in [2.75, 3.05) is 11.1 Å². The summed E-state index contributed by atoms with van der Waals surface area (Å²) >= 11 is 0. The van der Waals surface area contributed by atoms with E-state index < -0.39 is 0 Å². The lowest BCUT2D eigenvalue weighted by atomic mass is 10.2. The molecule has 1 amide bonds. The second kappa shape index (κ2) is 5.31. The van der Waals surface area contributed by atoms with Crippen molar-refractivity contribution in [2.45, 2.75) is 19.8 Å². The van der Waals surface area contributed by atoms with Crippen LogP contribution in [0.25, 0.3) is 0 Å². The second-order valence-corrected chi connectivity index (χ2v) is 3.94. The molecule has 0 radical (unpaired) electrons. The summed E-state index contributed by atoms with van der Waals surface area (Å²) in [6, 6.07) is 5.27. The molecular weight excluding hydrogens is 230 g/mol. The van der Waals surface area contributed by atoms with Gasteiger partial charge in [-0.15, -0.1) is 0 Å². The number of hydrogen-bond donors (Lipinski definition) is 3. The fourth-order valence-corrected chi connectivity index (χ4v) is 1.50. The first kappa shape index (κ1) is 12.1. The van der Waals surface area contributed by atoms with E-state index in [1.54, 1.807) is 12.1 Å². The minimum atomic E-state index is -0.151. The molecule has 0 spiro atoms. The number of amides is 1. The summed E-state index contributed by atoms with van der Waals surface area (Å²) in [5.74, 6) is 0.383. The van der Waals surface area contributed by atoms with Crippen LogP contribution in [0.15, 0.2) is 24.4 Å². The summed E-state index contributed by atoms with van der Waals surface area (Å²) in [7, 11) is 0. The van der Waals surface area contributed by atoms with E-state index in [4.69, 9.17) is 5.73 Å². The average molecular weight is 245 g/mol. The van der Waals surface area contributed by atoms with Gasteiger partial charge >= 0.3 is 0 Å². The summed E-state index contributed by atoms with van der Waals surface area (Å²) in [5.41, 5.74) is 7.76. The number of H-pyrrole nitrogens is 1. The minimum absolute atomic E-state index is 0.151. The lowest BCUT2D eigenvalue weighted by molar-refractivity contribution is -0.115. The van der Waals surface area contributed by atoms with E-state index in [2.05, 4.69) is 20.5 Å². The normalized spacial score (nSPS) is 10.3. The highest BCUT2D eigenvalue weighted by Gasteiger charge is 2.07. The molecule has 0 unspecified atom stereocenters. The number of carbonyl (C=O) groups is 1. The first-order valence-electron chi connectivity index (χ1n) is 5.72. The molecular formula is C12H15N5O. The van der Waals surface area contributed by atoms with Crippen molar-refractivity contribution in [3.8, 4) is 0 Å². The Labute approximate surface area is 105 Å². The monoisotopic (exact) mass is 245 g/mol. The van der Waals surface area contributed by atoms with Crippen LogP contribution in [0.4, 0.5) is 11.5 Å². The molecule has 18 heavy (non-hydrogen) atoms. The molecule has 0 aromatic carbocycles. The standard InChI is InChI=1S/C12H15N5O/c1-2-9-5-11(17-16-9)15-12(18)6-10-4-3-8(13)7-14-10/h3-5,7H,2,6,13H2,1H3,(H2,15,16,17,18). The number of nitrogens with one attached hydrogen (secondary N) is 2. The number of aromatic amines is 1. The SMILES string of the molecule is CCc1cc(NC(=O)Cc2ccc(N)cn2)n[nH]1. The highest BCUT2D eigenvalue weighted by Crippen LogP contribution is 2.07. The Kier molecular flexibility index (Phi) is 3.57. The second-order valence-electron chi connectivity index (χ2n) is 3.94. The van der Waals surface area contributed by atoms with Gasteiger partial charge in [0.15, 0.2) is 5.82 Å². The van der Waals surface area contributed by atoms with Crippen molar-refractivity contribution >= 4 is 17.4 Å². The highest BCUT2D eigenvalue weighted by molar-refractivity contribution is 5.91. The van der Waals surface area contributed by atoms with Gasteiger partial charge in [0.25, 0.3) is 0 Å². The molecule has 0 fully saturated rings. The fraction of sp³-hybridized carbons (Fsp3) is 0.250. The topological polar surface area (TPSA) is 96.7 Å². The largest absolute Gasteiger partial charge is 0.397 e. The molecule has 0 saturated heterocycles. The van der Waals surface area contributed by atoms with E-state index in [1.165, 1.54) is 6.20 Å². The molecule has 0 aliphatic rings. The van der Waals surface area contributed by atoms with Gasteiger partial charge < -0.3 is 11.1 Å². The maximum absolute atomic E-state index is 11.7. The van der Waals surface area contributed by atoms with Crippen molar-refractivity contribution in [1.82, 2.24) is 15.2 Å². The predicted octanol–water partition coefficient (Wildman–Crippen LogP) is 1.13. The first-order chi connectivity index (χ1) is 8.67. The van der Waals surface area contributed by atoms with Crippen molar-refractivity contribution in [2.24, 2.45) is 0 Å². The molecule has 0 saturated carbocycles. The van der Waals surface area contributed by atoms with E-state index in [1.807, 2.05) is 13.0 Å². The Balaban J connectivity index is 1.94. The van der Waals surface area contributed by atoms with Crippen LogP contribution < -0.4 is 11.1 Å². The Morgan fingerprint density at radius 3 is 2.94 bits per heavy atom. The van der Waals surface area contributed by atoms with Gasteiger partial charge in [-0.1, -0.05) is 6.92 Å². The highest BCUT2D eigenvalue weighted by atomic mass is 16.1. The van der Waals surface area contributed by atoms with Crippen molar-refractivity contribution in [3.63, 3.8) is 0 Å². The molecule has 6 nitrogen and oxygen atoms in total. The van der Waals surface area contributed by atoms with E-state index in [0.717, 1.165) is 12.1 Å². The number of anilines is 2. The number of aromatic nitrogens is 3. The Bertz CT molecular complexity index is 532. The van der Waals surface area contributed by atoms with Crippen LogP contribution in [-0.2, 0) is 17.6 Å². The lowest BCUT2D eigenvalue weighted by Crippen LogP contribution is -2.15. The maximum atomic E-state index is 11.7. The number of carbonyl (C=O) groups excluding carboxylic acids is 1. The first-order valence-corrected chi connectivity index (χ1v) is 5.72. The molecule has 4 N–H and O–H groups in total. The van der Waals surface area contributed by atoms with Crippen LogP contribution in [-0.4, -0.2) is 21.1 Å². The maximum Gasteiger partial charge on any atom is 0.231 e. The Hall–Kier alpha value is -2.37. The molecule has 0 bridgehead atoms. The molecule has 6 heteroatoms. The number of aryl methyl sites for hydroxylation is 1. The number of pyridine rings is 1. The van der Waals surface area contributed by atoms with Gasteiger partial charge in [-0.2, -0.15) is 5.10 Å². The minimum Gasteiger partial charge on any atom is -0.397 e. The molecule has 2 heterocycles. The zero-order chi connectivity index (χ0) is 13.0. The summed E-state index contributed by atoms with van der Waals surface area (Å²) in [4.78, 5) is 15.8. The van der Waals surface area contributed by atoms with Gasteiger partial charge in [0.05, 0.1) is 18.3 Å². The zero-order valence-electron chi connectivity index (χ0n) is 10.1. The zero-order valence-corrected chi connectivity index (χ0v) is 10.1. The third kappa shape index (κ3) is 3.07. The van der Waals surface area contributed by atoms with Gasteiger partial charge in [-0.3, -0.25) is 14.9 Å². The van der Waals surface area contributed by atoms with E-state index >= 15 is 0 Å². The van der Waals surface area contributed by atoms with Gasteiger partial charge in [-0.05, 0) is 18.6 Å². The number of nitrogens with two attached hydrogens (primary N) is 1. The summed E-state index contributed by atoms with van der Waals surface area (Å²) in [6.07, 6.45) is 2.59. The lowest BCUT2D eigenvalue weighted by Gasteiger charge is -2.01. The van der Waals surface area contributed by atoms with Crippen LogP contribution >= 0.6 is 0 Å². The van der Waals surface area contributed by atoms with E-state index in [-0.39, 0.29) is 12.3 Å². The number of nitrogen functional groups attached to an aromatic ring is 1. The Morgan fingerprint density at radius 1 is 1.50 bits per heavy atom. The summed E-state index contributed by atoms with van der Waals surface area (Å²) < 4.78 is 0. The van der Waals surface area contributed by atoms with Gasteiger partial charge in [-0.25, -0.2) is 0 Å². The van der Waals surface area contributed by atoms with Crippen LogP contribution in [0, 0.1) is 0 Å². The van der Waals surface area contributed by atoms with Crippen LogP contribution in [0.3, 0.4) is 0 Å². The third-order valence-corrected chi connectivity index (χ3v) is 2.47. The summed E-state index contributed by atoms with van der Waals surface area (Å²) in [6.45, 7) is 2.01. The predicted molar refractivity (Wildman–Crippen MR) is 68.9 cm³/mol. The average Bonchev–Trinajstić information content (AvgIpc) is 2.79. The van der Waals surface area contributed by atoms with Gasteiger partial charge in [0.2, 0.25) is 5.91 Å². The van der Waals surface area contributed by atoms with Crippen LogP contribution in [0.5, 0.6) is 0 Å². The Morgan fingerprint density at radius 2 is 2.33 bits per heavy atom. The molecule has 2 rings (SSSR count). The van der Waals surface area contributed by atoms with Gasteiger partial charge in [0.1, 0.15) is 0 Å². The number of nitrogens with zero attached hydrogens (tertiary/aromatic N) is 2. The summed E-state index contributed by atoms with van der Waals surface area (Å²) in [5, 5.41) is 9.53. The van der Waals surface area contributed by atoms with Crippen molar-refractivity contribution in [1.29, 1.82) is 0 Å². The third-order valence-electron chi connectivity index (χ3n) is 2.47. The van der Waals surface area contributed by atoms with Gasteiger partial charge in [0, 0.05) is 17.5 Å². The van der Waals surface area contributed by atoms with Crippen molar-refractivity contribution in [3.05, 3.63) is 35.8 Å². The molecule has 0 atom stereocenters. The van der Waals surface area contributed by atoms with E-state index in [9.17, 15) is 4.79 Å². The van der Waals surface area contributed by atoms with Crippen LogP contribution in [0.1, 0.15) is 18.3 Å². The molecule has 0 aliphatic carbocycles. The van der Waals surface area contributed by atoms with Crippen molar-refractivity contribution < 1.29 is 4.79 Å².